The Labute approximate surface area is 139 Å². The molecular formula is C12H18O13. The van der Waals surface area contributed by atoms with Crippen LogP contribution in [0.1, 0.15) is 32.6 Å². The Morgan fingerprint density at radius 3 is 1.00 bits per heavy atom. The van der Waals surface area contributed by atoms with E-state index in [2.05, 4.69) is 0 Å². The summed E-state index contributed by atoms with van der Waals surface area (Å²) < 4.78 is 0. The minimum atomic E-state index is -2.74. The predicted octanol–water partition coefficient (Wildman–Crippen LogP) is -1.22. The molecule has 0 unspecified atom stereocenters. The summed E-state index contributed by atoms with van der Waals surface area (Å²) in [4.78, 5) is 58.8. The van der Waals surface area contributed by atoms with E-state index < -0.39 is 54.3 Å². The van der Waals surface area contributed by atoms with Crippen LogP contribution in [0.5, 0.6) is 0 Å². The highest BCUT2D eigenvalue weighted by atomic mass is 16.4. The number of carbonyl (C=O) groups is 6. The Hall–Kier alpha value is -3.22. The first-order valence-electron chi connectivity index (χ1n) is 6.16. The summed E-state index contributed by atoms with van der Waals surface area (Å²) in [5, 5.41) is 57.0. The second-order valence-corrected chi connectivity index (χ2v) is 4.28. The number of rotatable bonds is 8. The molecule has 25 heavy (non-hydrogen) atoms. The highest BCUT2D eigenvalue weighted by molar-refractivity contribution is 5.88. The van der Waals surface area contributed by atoms with Gasteiger partial charge in [-0.3, -0.25) is 24.0 Å². The van der Waals surface area contributed by atoms with E-state index in [1.54, 1.807) is 0 Å². The Bertz CT molecular complexity index is 473. The third kappa shape index (κ3) is 23.2. The maximum atomic E-state index is 10.3. The molecule has 0 saturated heterocycles. The molecule has 0 aromatic carbocycles. The van der Waals surface area contributed by atoms with Crippen molar-refractivity contribution in [1.29, 1.82) is 0 Å². The Morgan fingerprint density at radius 2 is 0.880 bits per heavy atom. The highest BCUT2D eigenvalue weighted by Gasteiger charge is 2.40. The molecule has 144 valence electrons. The van der Waals surface area contributed by atoms with Gasteiger partial charge in [0.2, 0.25) is 0 Å². The number of hydrogen-bond donors (Lipinski definition) is 7. The van der Waals surface area contributed by atoms with Gasteiger partial charge in [0.25, 0.3) is 5.97 Å². The van der Waals surface area contributed by atoms with Crippen molar-refractivity contribution < 1.29 is 64.5 Å². The SMILES string of the molecule is CC(=O)O.O=C(O)CC(O)(CC(=O)O)C(=O)O.O=C(O)CCC(=O)O. The standard InChI is InChI=1S/C6H8O7.C4H6O4.C2H4O2/c7-3(8)1-6(13,5(11)12)2-4(9)10;5-3(6)1-2-4(7)8;1-2(3)4/h13H,1-2H2,(H,7,8)(H,9,10)(H,11,12);1-2H2,(H,5,6)(H,7,8);1H3,(H,3,4). The topological polar surface area (TPSA) is 244 Å². The summed E-state index contributed by atoms with van der Waals surface area (Å²) in [5.41, 5.74) is -2.74. The molecular weight excluding hydrogens is 352 g/mol. The quantitative estimate of drug-likeness (QED) is 0.265. The van der Waals surface area contributed by atoms with Crippen LogP contribution in [0, 0.1) is 0 Å². The summed E-state index contributed by atoms with van der Waals surface area (Å²) in [6.07, 6.45) is -2.88. The molecule has 0 aromatic heterocycles. The Kier molecular flexibility index (Phi) is 14.1. The first kappa shape index (κ1) is 26.7. The summed E-state index contributed by atoms with van der Waals surface area (Å²) in [6.45, 7) is 1.08. The van der Waals surface area contributed by atoms with Crippen molar-refractivity contribution in [2.24, 2.45) is 0 Å². The van der Waals surface area contributed by atoms with E-state index in [-0.39, 0.29) is 12.8 Å². The zero-order valence-corrected chi connectivity index (χ0v) is 12.9. The number of aliphatic carboxylic acids is 6. The normalized spacial score (nSPS) is 9.36. The lowest BCUT2D eigenvalue weighted by molar-refractivity contribution is -0.170. The largest absolute Gasteiger partial charge is 0.481 e. The molecule has 0 bridgehead atoms. The predicted molar refractivity (Wildman–Crippen MR) is 74.9 cm³/mol. The lowest BCUT2D eigenvalue weighted by Crippen LogP contribution is -2.42. The third-order valence-corrected chi connectivity index (χ3v) is 1.84. The first-order chi connectivity index (χ1) is 11.1. The molecule has 0 heterocycles. The minimum absolute atomic E-state index is 0.296. The van der Waals surface area contributed by atoms with Crippen molar-refractivity contribution in [2.45, 2.75) is 38.2 Å². The van der Waals surface area contributed by atoms with Crippen molar-refractivity contribution in [3.8, 4) is 0 Å². The van der Waals surface area contributed by atoms with Crippen LogP contribution in [0.25, 0.3) is 0 Å². The van der Waals surface area contributed by atoms with Gasteiger partial charge >= 0.3 is 29.8 Å². The molecule has 7 N–H and O–H groups in total. The van der Waals surface area contributed by atoms with E-state index in [9.17, 15) is 24.0 Å². The fraction of sp³-hybridized carbons (Fsp3) is 0.500. The zero-order valence-electron chi connectivity index (χ0n) is 12.9. The van der Waals surface area contributed by atoms with Crippen LogP contribution >= 0.6 is 0 Å². The highest BCUT2D eigenvalue weighted by Crippen LogP contribution is 2.15. The molecule has 0 radical (unpaired) electrons. The van der Waals surface area contributed by atoms with Crippen molar-refractivity contribution >= 4 is 35.8 Å². The van der Waals surface area contributed by atoms with Gasteiger partial charge < -0.3 is 35.7 Å². The van der Waals surface area contributed by atoms with Crippen molar-refractivity contribution in [1.82, 2.24) is 0 Å². The third-order valence-electron chi connectivity index (χ3n) is 1.84. The lowest BCUT2D eigenvalue weighted by atomic mass is 9.96. The molecule has 13 heteroatoms. The van der Waals surface area contributed by atoms with Crippen LogP contribution in [-0.4, -0.2) is 77.2 Å². The van der Waals surface area contributed by atoms with Crippen LogP contribution in [0.2, 0.25) is 0 Å². The van der Waals surface area contributed by atoms with Crippen molar-refractivity contribution in [2.75, 3.05) is 0 Å². The van der Waals surface area contributed by atoms with Crippen LogP contribution in [0.4, 0.5) is 0 Å². The number of aliphatic hydroxyl groups is 1. The van der Waals surface area contributed by atoms with Crippen molar-refractivity contribution in [3.05, 3.63) is 0 Å². The molecule has 0 saturated carbocycles. The summed E-state index contributed by atoms with van der Waals surface area (Å²) in [7, 11) is 0. The fourth-order valence-electron chi connectivity index (χ4n) is 0.928. The van der Waals surface area contributed by atoms with E-state index >= 15 is 0 Å². The summed E-state index contributed by atoms with van der Waals surface area (Å²) in [5.74, 6) is -8.01. The Morgan fingerprint density at radius 1 is 0.640 bits per heavy atom. The van der Waals surface area contributed by atoms with E-state index in [0.29, 0.717) is 0 Å². The van der Waals surface area contributed by atoms with Gasteiger partial charge in [-0.05, 0) is 0 Å². The summed E-state index contributed by atoms with van der Waals surface area (Å²) >= 11 is 0. The number of hydrogen-bond acceptors (Lipinski definition) is 7. The molecule has 0 spiro atoms. The smallest absolute Gasteiger partial charge is 0.336 e. The number of carboxylic acids is 6. The molecule has 0 atom stereocenters. The maximum Gasteiger partial charge on any atom is 0.336 e. The minimum Gasteiger partial charge on any atom is -0.481 e. The van der Waals surface area contributed by atoms with Crippen LogP contribution in [0.3, 0.4) is 0 Å². The molecule has 0 aliphatic heterocycles. The Balaban J connectivity index is -0.000000342. The lowest BCUT2D eigenvalue weighted by Gasteiger charge is -2.18. The molecule has 0 aliphatic carbocycles. The van der Waals surface area contributed by atoms with Crippen LogP contribution in [0.15, 0.2) is 0 Å². The van der Waals surface area contributed by atoms with Crippen LogP contribution < -0.4 is 0 Å². The zero-order chi connectivity index (χ0) is 20.8. The number of carboxylic acid groups (broad SMARTS) is 6. The van der Waals surface area contributed by atoms with E-state index in [1.165, 1.54) is 0 Å². The second kappa shape index (κ2) is 13.2. The van der Waals surface area contributed by atoms with Crippen molar-refractivity contribution in [3.63, 3.8) is 0 Å². The van der Waals surface area contributed by atoms with E-state index in [0.717, 1.165) is 6.92 Å². The molecule has 13 nitrogen and oxygen atoms in total. The molecule has 0 rings (SSSR count). The maximum absolute atomic E-state index is 10.3. The summed E-state index contributed by atoms with van der Waals surface area (Å²) in [6, 6.07) is 0. The van der Waals surface area contributed by atoms with Gasteiger partial charge in [0.15, 0.2) is 5.60 Å². The van der Waals surface area contributed by atoms with E-state index in [1.807, 2.05) is 0 Å². The van der Waals surface area contributed by atoms with Gasteiger partial charge in [-0.2, -0.15) is 0 Å². The van der Waals surface area contributed by atoms with Gasteiger partial charge in [0, 0.05) is 6.92 Å². The molecule has 0 fully saturated rings. The van der Waals surface area contributed by atoms with Gasteiger partial charge in [0.05, 0.1) is 25.7 Å². The van der Waals surface area contributed by atoms with Crippen LogP contribution in [-0.2, 0) is 28.8 Å². The average molecular weight is 370 g/mol. The fourth-order valence-corrected chi connectivity index (χ4v) is 0.928. The first-order valence-corrected chi connectivity index (χ1v) is 6.16. The second-order valence-electron chi connectivity index (χ2n) is 4.28. The monoisotopic (exact) mass is 370 g/mol. The molecule has 0 amide bonds. The van der Waals surface area contributed by atoms with E-state index in [4.69, 9.17) is 40.5 Å². The molecule has 0 aromatic rings. The van der Waals surface area contributed by atoms with Gasteiger partial charge in [-0.25, -0.2) is 4.79 Å². The average Bonchev–Trinajstić information content (AvgIpc) is 2.34. The molecule has 0 aliphatic rings. The van der Waals surface area contributed by atoms with Gasteiger partial charge in [0.1, 0.15) is 0 Å². The van der Waals surface area contributed by atoms with Gasteiger partial charge in [-0.1, -0.05) is 0 Å². The van der Waals surface area contributed by atoms with Gasteiger partial charge in [-0.15, -0.1) is 0 Å².